The van der Waals surface area contributed by atoms with Crippen molar-refractivity contribution in [1.82, 2.24) is 0 Å². The van der Waals surface area contributed by atoms with Gasteiger partial charge in [0.15, 0.2) is 0 Å². The van der Waals surface area contributed by atoms with E-state index in [0.29, 0.717) is 0 Å². The van der Waals surface area contributed by atoms with Gasteiger partial charge in [-0.3, -0.25) is 0 Å². The van der Waals surface area contributed by atoms with Gasteiger partial charge in [-0.25, -0.2) is 0 Å². The van der Waals surface area contributed by atoms with Crippen LogP contribution in [0.5, 0.6) is 5.75 Å². The summed E-state index contributed by atoms with van der Waals surface area (Å²) in [6.45, 7) is 0.839. The van der Waals surface area contributed by atoms with E-state index in [1.807, 2.05) is 30.3 Å². The van der Waals surface area contributed by atoms with Crippen LogP contribution in [-0.4, -0.2) is 27.5 Å². The second-order valence-corrected chi connectivity index (χ2v) is 7.36. The summed E-state index contributed by atoms with van der Waals surface area (Å²) in [4.78, 5) is 0. The van der Waals surface area contributed by atoms with Crippen LogP contribution in [0, 0.1) is 0 Å². The molecule has 1 nitrogen and oxygen atoms in total. The SMILES string of the molecule is c1ccc(OCCCC[Te]c2ccccc2)cc1. The minimum absolute atomic E-state index is 0.0210. The molecule has 2 rings (SSSR count). The van der Waals surface area contributed by atoms with Crippen LogP contribution in [-0.2, 0) is 0 Å². The number of hydrogen-bond acceptors (Lipinski definition) is 1. The first-order valence-electron chi connectivity index (χ1n) is 6.31. The van der Waals surface area contributed by atoms with Crippen LogP contribution in [0.15, 0.2) is 60.7 Å². The summed E-state index contributed by atoms with van der Waals surface area (Å²) >= 11 is 0.0210. The van der Waals surface area contributed by atoms with Crippen molar-refractivity contribution in [3.63, 3.8) is 0 Å². The first-order valence-corrected chi connectivity index (χ1v) is 9.12. The monoisotopic (exact) mass is 356 g/mol. The molecule has 0 bridgehead atoms. The van der Waals surface area contributed by atoms with Crippen LogP contribution >= 0.6 is 0 Å². The van der Waals surface area contributed by atoms with Crippen molar-refractivity contribution < 1.29 is 4.74 Å². The van der Waals surface area contributed by atoms with Gasteiger partial charge < -0.3 is 0 Å². The summed E-state index contributed by atoms with van der Waals surface area (Å²) in [5.74, 6) is 0.983. The van der Waals surface area contributed by atoms with Crippen molar-refractivity contribution in [2.24, 2.45) is 0 Å². The molecular weight excluding hydrogens is 336 g/mol. The van der Waals surface area contributed by atoms with E-state index >= 15 is 0 Å². The molecule has 0 N–H and O–H groups in total. The van der Waals surface area contributed by atoms with E-state index in [2.05, 4.69) is 30.3 Å². The number of para-hydroxylation sites is 1. The molecule has 0 saturated carbocycles. The molecule has 0 fully saturated rings. The quantitative estimate of drug-likeness (QED) is 0.548. The molecule has 2 aromatic rings. The molecule has 2 heteroatoms. The fourth-order valence-corrected chi connectivity index (χ4v) is 4.28. The molecule has 0 heterocycles. The summed E-state index contributed by atoms with van der Waals surface area (Å²) in [7, 11) is 0. The summed E-state index contributed by atoms with van der Waals surface area (Å²) in [5, 5.41) is 0. The van der Waals surface area contributed by atoms with Crippen molar-refractivity contribution in [2.45, 2.75) is 17.3 Å². The Balaban J connectivity index is 1.54. The molecule has 18 heavy (non-hydrogen) atoms. The Kier molecular flexibility index (Phi) is 6.12. The van der Waals surface area contributed by atoms with Crippen molar-refractivity contribution >= 4 is 24.5 Å². The zero-order chi connectivity index (χ0) is 12.5. The van der Waals surface area contributed by atoms with Gasteiger partial charge in [-0.1, -0.05) is 0 Å². The van der Waals surface area contributed by atoms with Gasteiger partial charge in [-0.2, -0.15) is 0 Å². The Bertz CT molecular complexity index is 384. The van der Waals surface area contributed by atoms with Crippen LogP contribution in [0.1, 0.15) is 12.8 Å². The second kappa shape index (κ2) is 8.19. The summed E-state index contributed by atoms with van der Waals surface area (Å²) in [6.07, 6.45) is 2.44. The number of unbranched alkanes of at least 4 members (excludes halogenated alkanes) is 1. The van der Waals surface area contributed by atoms with Crippen LogP contribution in [0.3, 0.4) is 0 Å². The standard InChI is InChI=1S/C16H18OTe/c1-3-9-15(10-4-1)17-13-7-8-14-18-16-11-5-2-6-12-16/h1-6,9-12H,7-8,13-14H2. The van der Waals surface area contributed by atoms with Crippen molar-refractivity contribution in [3.05, 3.63) is 60.7 Å². The van der Waals surface area contributed by atoms with Crippen LogP contribution < -0.4 is 8.35 Å². The van der Waals surface area contributed by atoms with E-state index in [1.54, 1.807) is 3.61 Å². The predicted molar refractivity (Wildman–Crippen MR) is 77.8 cm³/mol. The van der Waals surface area contributed by atoms with Gasteiger partial charge in [-0.05, 0) is 0 Å². The normalized spacial score (nSPS) is 10.2. The Morgan fingerprint density at radius 3 is 2.17 bits per heavy atom. The van der Waals surface area contributed by atoms with E-state index in [0.717, 1.165) is 18.8 Å². The summed E-state index contributed by atoms with van der Waals surface area (Å²) < 4.78 is 8.60. The maximum absolute atomic E-state index is 5.67. The Labute approximate surface area is 119 Å². The topological polar surface area (TPSA) is 9.23 Å². The van der Waals surface area contributed by atoms with Gasteiger partial charge >= 0.3 is 120 Å². The van der Waals surface area contributed by atoms with E-state index in [9.17, 15) is 0 Å². The van der Waals surface area contributed by atoms with Crippen LogP contribution in [0.4, 0.5) is 0 Å². The summed E-state index contributed by atoms with van der Waals surface area (Å²) in [5.41, 5.74) is 0. The number of ether oxygens (including phenoxy) is 1. The molecular formula is C16H18OTe. The number of benzene rings is 2. The molecule has 0 unspecified atom stereocenters. The average molecular weight is 354 g/mol. The third-order valence-corrected chi connectivity index (χ3v) is 5.70. The third kappa shape index (κ3) is 5.12. The predicted octanol–water partition coefficient (Wildman–Crippen LogP) is 3.29. The van der Waals surface area contributed by atoms with Gasteiger partial charge in [0, 0.05) is 0 Å². The average Bonchev–Trinajstić information content (AvgIpc) is 2.45. The summed E-state index contributed by atoms with van der Waals surface area (Å²) in [6, 6.07) is 20.9. The minimum atomic E-state index is 0.0210. The molecule has 2 aromatic carbocycles. The zero-order valence-corrected chi connectivity index (χ0v) is 12.7. The molecule has 94 valence electrons. The van der Waals surface area contributed by atoms with Gasteiger partial charge in [0.2, 0.25) is 0 Å². The second-order valence-electron chi connectivity index (χ2n) is 4.03. The molecule has 0 aliphatic rings. The molecule has 0 atom stereocenters. The van der Waals surface area contributed by atoms with Gasteiger partial charge in [0.1, 0.15) is 0 Å². The number of hydrogen-bond donors (Lipinski definition) is 0. The van der Waals surface area contributed by atoms with E-state index in [1.165, 1.54) is 10.9 Å². The van der Waals surface area contributed by atoms with Crippen molar-refractivity contribution in [2.75, 3.05) is 6.61 Å². The fourth-order valence-electron chi connectivity index (χ4n) is 1.62. The fraction of sp³-hybridized carbons (Fsp3) is 0.250. The van der Waals surface area contributed by atoms with Gasteiger partial charge in [0.25, 0.3) is 0 Å². The molecule has 0 radical (unpaired) electrons. The maximum atomic E-state index is 5.67. The Hall–Kier alpha value is -0.970. The van der Waals surface area contributed by atoms with E-state index < -0.39 is 0 Å². The van der Waals surface area contributed by atoms with E-state index in [4.69, 9.17) is 4.74 Å². The molecule has 0 amide bonds. The Morgan fingerprint density at radius 1 is 0.778 bits per heavy atom. The molecule has 0 saturated heterocycles. The number of rotatable bonds is 7. The first-order chi connectivity index (χ1) is 8.95. The van der Waals surface area contributed by atoms with E-state index in [-0.39, 0.29) is 20.9 Å². The molecule has 0 aliphatic carbocycles. The van der Waals surface area contributed by atoms with Crippen LogP contribution in [0.25, 0.3) is 0 Å². The zero-order valence-electron chi connectivity index (χ0n) is 10.4. The first kappa shape index (κ1) is 13.5. The van der Waals surface area contributed by atoms with Crippen LogP contribution in [0.2, 0.25) is 4.47 Å². The molecule has 0 aromatic heterocycles. The van der Waals surface area contributed by atoms with Gasteiger partial charge in [0.05, 0.1) is 0 Å². The van der Waals surface area contributed by atoms with Gasteiger partial charge in [-0.15, -0.1) is 0 Å². The van der Waals surface area contributed by atoms with Crippen molar-refractivity contribution in [1.29, 1.82) is 0 Å². The van der Waals surface area contributed by atoms with Crippen molar-refractivity contribution in [3.8, 4) is 5.75 Å². The molecule has 0 spiro atoms. The Morgan fingerprint density at radius 2 is 1.44 bits per heavy atom. The molecule has 0 aliphatic heterocycles. The third-order valence-electron chi connectivity index (χ3n) is 2.56.